The van der Waals surface area contributed by atoms with Gasteiger partial charge in [-0.1, -0.05) is 36.4 Å². The normalized spacial score (nSPS) is 14.3. The van der Waals surface area contributed by atoms with Gasteiger partial charge in [0.05, 0.1) is 17.7 Å². The number of nitrogens with zero attached hydrogens (tertiary/aromatic N) is 3. The molecule has 1 aliphatic rings. The van der Waals surface area contributed by atoms with E-state index in [0.717, 1.165) is 5.56 Å². The Morgan fingerprint density at radius 1 is 1.03 bits per heavy atom. The van der Waals surface area contributed by atoms with Gasteiger partial charge in [-0.15, -0.1) is 0 Å². The molecule has 1 aromatic heterocycles. The molecule has 0 N–H and O–H groups in total. The minimum atomic E-state index is -4.03. The Balaban J connectivity index is 1.91. The first-order valence-corrected chi connectivity index (χ1v) is 10.6. The number of anilines is 2. The highest BCUT2D eigenvalue weighted by Crippen LogP contribution is 2.42. The molecule has 0 fully saturated rings. The largest absolute Gasteiger partial charge is 0.468 e. The van der Waals surface area contributed by atoms with E-state index in [-0.39, 0.29) is 4.90 Å². The summed E-state index contributed by atoms with van der Waals surface area (Å²) in [4.78, 5) is 23.2. The lowest BCUT2D eigenvalue weighted by Crippen LogP contribution is -2.26. The summed E-state index contributed by atoms with van der Waals surface area (Å²) >= 11 is 0. The Morgan fingerprint density at radius 3 is 2.45 bits per heavy atom. The Labute approximate surface area is 168 Å². The second-order valence-corrected chi connectivity index (χ2v) is 8.60. The summed E-state index contributed by atoms with van der Waals surface area (Å²) in [6.45, 7) is 0.593. The average molecular weight is 409 g/mol. The summed E-state index contributed by atoms with van der Waals surface area (Å²) in [5.41, 5.74) is 1.95. The number of hydrogen-bond acceptors (Lipinski definition) is 7. The van der Waals surface area contributed by atoms with Gasteiger partial charge in [-0.25, -0.2) is 18.4 Å². The van der Waals surface area contributed by atoms with Gasteiger partial charge in [-0.3, -0.25) is 4.79 Å². The van der Waals surface area contributed by atoms with Gasteiger partial charge in [-0.05, 0) is 30.2 Å². The Bertz CT molecular complexity index is 1140. The number of carbonyl (C=O) groups is 1. The second-order valence-electron chi connectivity index (χ2n) is 6.57. The molecule has 0 radical (unpaired) electrons. The van der Waals surface area contributed by atoms with E-state index in [1.165, 1.54) is 19.2 Å². The molecule has 8 heteroatoms. The minimum absolute atomic E-state index is 0.0634. The highest BCUT2D eigenvalue weighted by molar-refractivity contribution is 7.92. The Kier molecular flexibility index (Phi) is 5.02. The summed E-state index contributed by atoms with van der Waals surface area (Å²) in [6.07, 6.45) is 3.95. The van der Waals surface area contributed by atoms with Crippen LogP contribution >= 0.6 is 0 Å². The second kappa shape index (κ2) is 7.63. The van der Waals surface area contributed by atoms with Gasteiger partial charge in [0.2, 0.25) is 5.95 Å². The van der Waals surface area contributed by atoms with Crippen molar-refractivity contribution in [2.75, 3.05) is 18.6 Å². The number of carbonyl (C=O) groups excluding carboxylic acids is 1. The van der Waals surface area contributed by atoms with Gasteiger partial charge in [0.25, 0.3) is 0 Å². The SMILES string of the molecule is COC(=O)C(c1cccc2c1N(c1ncccn1)CC2)S(=O)(=O)c1ccccc1. The number of aromatic nitrogens is 2. The Hall–Kier alpha value is -3.26. The van der Waals surface area contributed by atoms with Crippen molar-refractivity contribution < 1.29 is 17.9 Å². The molecule has 0 saturated heterocycles. The number of sulfone groups is 1. The van der Waals surface area contributed by atoms with Crippen LogP contribution in [0.5, 0.6) is 0 Å². The number of para-hydroxylation sites is 1. The topological polar surface area (TPSA) is 89.5 Å². The first-order chi connectivity index (χ1) is 14.0. The third kappa shape index (κ3) is 3.36. The molecule has 29 heavy (non-hydrogen) atoms. The summed E-state index contributed by atoms with van der Waals surface area (Å²) in [6, 6.07) is 15.0. The standard InChI is InChI=1S/C21H19N3O4S/c1-28-20(25)19(29(26,27)16-8-3-2-4-9-16)17-10-5-7-15-11-14-24(18(15)17)21-22-12-6-13-23-21/h2-10,12-13,19H,11,14H2,1H3. The van der Waals surface area contributed by atoms with Crippen LogP contribution in [-0.2, 0) is 25.8 Å². The smallest absolute Gasteiger partial charge is 0.329 e. The first-order valence-electron chi connectivity index (χ1n) is 9.07. The molecule has 0 saturated carbocycles. The molecule has 0 bridgehead atoms. The molecular weight excluding hydrogens is 390 g/mol. The maximum absolute atomic E-state index is 13.4. The van der Waals surface area contributed by atoms with Crippen LogP contribution in [0.1, 0.15) is 16.4 Å². The fourth-order valence-electron chi connectivity index (χ4n) is 3.60. The Morgan fingerprint density at radius 2 is 1.76 bits per heavy atom. The van der Waals surface area contributed by atoms with Gasteiger partial charge in [0.15, 0.2) is 15.1 Å². The van der Waals surface area contributed by atoms with Crippen molar-refractivity contribution in [3.8, 4) is 0 Å². The summed E-state index contributed by atoms with van der Waals surface area (Å²) < 4.78 is 31.8. The lowest BCUT2D eigenvalue weighted by atomic mass is 10.0. The summed E-state index contributed by atoms with van der Waals surface area (Å²) in [5, 5.41) is -1.49. The molecule has 0 amide bonds. The van der Waals surface area contributed by atoms with E-state index >= 15 is 0 Å². The lowest BCUT2D eigenvalue weighted by molar-refractivity contribution is -0.140. The predicted octanol–water partition coefficient (Wildman–Crippen LogP) is 2.86. The number of fused-ring (bicyclic) bond motifs is 1. The van der Waals surface area contributed by atoms with Crippen LogP contribution in [0.2, 0.25) is 0 Å². The third-order valence-corrected chi connectivity index (χ3v) is 6.90. The van der Waals surface area contributed by atoms with E-state index < -0.39 is 21.1 Å². The zero-order chi connectivity index (χ0) is 20.4. The fraction of sp³-hybridized carbons (Fsp3) is 0.190. The van der Waals surface area contributed by atoms with Gasteiger partial charge >= 0.3 is 5.97 Å². The van der Waals surface area contributed by atoms with Gasteiger partial charge in [-0.2, -0.15) is 0 Å². The molecule has 0 spiro atoms. The van der Waals surface area contributed by atoms with Crippen LogP contribution in [0.15, 0.2) is 71.9 Å². The molecule has 4 rings (SSSR count). The monoisotopic (exact) mass is 409 g/mol. The van der Waals surface area contributed by atoms with E-state index in [1.54, 1.807) is 48.8 Å². The number of hydrogen-bond donors (Lipinski definition) is 0. The van der Waals surface area contributed by atoms with Crippen LogP contribution in [-0.4, -0.2) is 38.0 Å². The fourth-order valence-corrected chi connectivity index (χ4v) is 5.29. The zero-order valence-corrected chi connectivity index (χ0v) is 16.5. The van der Waals surface area contributed by atoms with E-state index in [0.29, 0.717) is 30.2 Å². The molecular formula is C21H19N3O4S. The van der Waals surface area contributed by atoms with Crippen molar-refractivity contribution in [2.45, 2.75) is 16.6 Å². The van der Waals surface area contributed by atoms with E-state index in [9.17, 15) is 13.2 Å². The molecule has 3 aromatic rings. The minimum Gasteiger partial charge on any atom is -0.468 e. The number of rotatable bonds is 5. The van der Waals surface area contributed by atoms with Crippen molar-refractivity contribution in [2.24, 2.45) is 0 Å². The maximum atomic E-state index is 13.4. The van der Waals surface area contributed by atoms with Gasteiger partial charge in [0.1, 0.15) is 0 Å². The molecule has 1 unspecified atom stereocenters. The van der Waals surface area contributed by atoms with Gasteiger partial charge in [0, 0.05) is 24.5 Å². The molecule has 0 aliphatic carbocycles. The van der Waals surface area contributed by atoms with Crippen molar-refractivity contribution in [3.05, 3.63) is 78.1 Å². The van der Waals surface area contributed by atoms with E-state index in [2.05, 4.69) is 9.97 Å². The number of methoxy groups -OCH3 is 1. The van der Waals surface area contributed by atoms with Crippen LogP contribution < -0.4 is 4.90 Å². The molecule has 1 atom stereocenters. The summed E-state index contributed by atoms with van der Waals surface area (Å²) in [5.74, 6) is -0.373. The molecule has 148 valence electrons. The molecule has 1 aliphatic heterocycles. The number of ether oxygens (including phenoxy) is 1. The maximum Gasteiger partial charge on any atom is 0.329 e. The van der Waals surface area contributed by atoms with Gasteiger partial charge < -0.3 is 9.64 Å². The van der Waals surface area contributed by atoms with Crippen molar-refractivity contribution in [1.82, 2.24) is 9.97 Å². The third-order valence-electron chi connectivity index (χ3n) is 4.90. The molecule has 2 heterocycles. The van der Waals surface area contributed by atoms with Crippen molar-refractivity contribution >= 4 is 27.4 Å². The predicted molar refractivity (Wildman–Crippen MR) is 108 cm³/mol. The van der Waals surface area contributed by atoms with Crippen LogP contribution in [0, 0.1) is 0 Å². The number of esters is 1. The highest BCUT2D eigenvalue weighted by Gasteiger charge is 2.40. The molecule has 7 nitrogen and oxygen atoms in total. The zero-order valence-electron chi connectivity index (χ0n) is 15.7. The van der Waals surface area contributed by atoms with E-state index in [4.69, 9.17) is 4.74 Å². The van der Waals surface area contributed by atoms with Crippen LogP contribution in [0.25, 0.3) is 0 Å². The van der Waals surface area contributed by atoms with E-state index in [1.807, 2.05) is 11.0 Å². The molecule has 2 aromatic carbocycles. The van der Waals surface area contributed by atoms with Crippen molar-refractivity contribution in [3.63, 3.8) is 0 Å². The van der Waals surface area contributed by atoms with Crippen LogP contribution in [0.3, 0.4) is 0 Å². The average Bonchev–Trinajstić information content (AvgIpc) is 3.20. The van der Waals surface area contributed by atoms with Crippen LogP contribution in [0.4, 0.5) is 11.6 Å². The highest BCUT2D eigenvalue weighted by atomic mass is 32.2. The van der Waals surface area contributed by atoms with Crippen molar-refractivity contribution in [1.29, 1.82) is 0 Å². The lowest BCUT2D eigenvalue weighted by Gasteiger charge is -2.24. The summed E-state index contributed by atoms with van der Waals surface area (Å²) in [7, 11) is -2.84. The number of benzene rings is 2. The first kappa shape index (κ1) is 19.1. The quantitative estimate of drug-likeness (QED) is 0.599.